The SMILES string of the molecule is CC.CN(C1CCN(F)CC1)C1COC2(C1)CN(N)C2. The topological polar surface area (TPSA) is 45.0 Å². The van der Waals surface area contributed by atoms with Gasteiger partial charge in [0.25, 0.3) is 0 Å². The summed E-state index contributed by atoms with van der Waals surface area (Å²) in [5.74, 6) is 5.71. The summed E-state index contributed by atoms with van der Waals surface area (Å²) in [6.45, 7) is 7.61. The molecule has 3 aliphatic heterocycles. The molecule has 118 valence electrons. The number of nitrogens with zero attached hydrogens (tertiary/aromatic N) is 3. The van der Waals surface area contributed by atoms with Crippen LogP contribution in [-0.4, -0.2) is 72.5 Å². The van der Waals surface area contributed by atoms with Gasteiger partial charge in [0, 0.05) is 38.3 Å². The lowest BCUT2D eigenvalue weighted by Gasteiger charge is -2.45. The van der Waals surface area contributed by atoms with Crippen LogP contribution in [0.15, 0.2) is 0 Å². The van der Waals surface area contributed by atoms with Crippen molar-refractivity contribution >= 4 is 0 Å². The van der Waals surface area contributed by atoms with Crippen LogP contribution in [0, 0.1) is 0 Å². The van der Waals surface area contributed by atoms with Gasteiger partial charge in [-0.25, -0.2) is 5.01 Å². The van der Waals surface area contributed by atoms with Crippen molar-refractivity contribution in [2.45, 2.75) is 50.8 Å². The fourth-order valence-electron chi connectivity index (χ4n) is 3.54. The Labute approximate surface area is 121 Å². The molecule has 20 heavy (non-hydrogen) atoms. The van der Waals surface area contributed by atoms with Gasteiger partial charge in [0.15, 0.2) is 0 Å². The van der Waals surface area contributed by atoms with Crippen LogP contribution in [-0.2, 0) is 4.74 Å². The second kappa shape index (κ2) is 6.66. The van der Waals surface area contributed by atoms with Gasteiger partial charge in [-0.2, -0.15) is 0 Å². The van der Waals surface area contributed by atoms with Crippen LogP contribution in [0.4, 0.5) is 4.48 Å². The minimum atomic E-state index is 0.00840. The molecular weight excluding hydrogens is 259 g/mol. The molecule has 5 nitrogen and oxygen atoms in total. The van der Waals surface area contributed by atoms with Crippen LogP contribution in [0.5, 0.6) is 0 Å². The molecule has 2 N–H and O–H groups in total. The van der Waals surface area contributed by atoms with Gasteiger partial charge >= 0.3 is 0 Å². The lowest BCUT2D eigenvalue weighted by atomic mass is 9.90. The summed E-state index contributed by atoms with van der Waals surface area (Å²) in [5.41, 5.74) is 0.00840. The Balaban J connectivity index is 0.000000704. The van der Waals surface area contributed by atoms with E-state index < -0.39 is 0 Å². The van der Waals surface area contributed by atoms with Gasteiger partial charge in [0.2, 0.25) is 0 Å². The lowest BCUT2D eigenvalue weighted by Crippen LogP contribution is -2.64. The zero-order valence-corrected chi connectivity index (χ0v) is 13.0. The molecule has 3 fully saturated rings. The maximum Gasteiger partial charge on any atom is 0.0979 e. The Morgan fingerprint density at radius 3 is 2.35 bits per heavy atom. The molecule has 0 aromatic rings. The van der Waals surface area contributed by atoms with Crippen LogP contribution >= 0.6 is 0 Å². The zero-order valence-electron chi connectivity index (χ0n) is 13.0. The van der Waals surface area contributed by atoms with Crippen LogP contribution < -0.4 is 5.84 Å². The maximum absolute atomic E-state index is 13.0. The summed E-state index contributed by atoms with van der Waals surface area (Å²) in [6.07, 6.45) is 2.89. The molecule has 0 saturated carbocycles. The fraction of sp³-hybridized carbons (Fsp3) is 1.00. The van der Waals surface area contributed by atoms with E-state index in [1.54, 1.807) is 0 Å². The molecule has 3 heterocycles. The van der Waals surface area contributed by atoms with Crippen molar-refractivity contribution in [3.63, 3.8) is 0 Å². The molecule has 0 aromatic heterocycles. The highest BCUT2D eigenvalue weighted by Crippen LogP contribution is 2.36. The van der Waals surface area contributed by atoms with Crippen molar-refractivity contribution < 1.29 is 9.22 Å². The zero-order chi connectivity index (χ0) is 14.8. The third kappa shape index (κ3) is 3.31. The Bertz CT molecular complexity index is 304. The first-order valence-electron chi connectivity index (χ1n) is 7.84. The summed E-state index contributed by atoms with van der Waals surface area (Å²) in [7, 11) is 2.16. The van der Waals surface area contributed by atoms with Gasteiger partial charge in [0.1, 0.15) is 0 Å². The minimum absolute atomic E-state index is 0.00840. The van der Waals surface area contributed by atoms with Gasteiger partial charge in [-0.1, -0.05) is 13.8 Å². The molecule has 1 atom stereocenters. The van der Waals surface area contributed by atoms with E-state index in [1.807, 2.05) is 18.9 Å². The Hall–Kier alpha value is -0.270. The van der Waals surface area contributed by atoms with Gasteiger partial charge in [-0.3, -0.25) is 10.7 Å². The van der Waals surface area contributed by atoms with E-state index in [-0.39, 0.29) is 5.60 Å². The highest BCUT2D eigenvalue weighted by molar-refractivity contribution is 5.03. The van der Waals surface area contributed by atoms with Crippen molar-refractivity contribution in [2.75, 3.05) is 39.8 Å². The number of piperidine rings is 1. The van der Waals surface area contributed by atoms with Crippen LogP contribution in [0.3, 0.4) is 0 Å². The van der Waals surface area contributed by atoms with Gasteiger partial charge in [-0.15, -0.1) is 9.60 Å². The summed E-state index contributed by atoms with van der Waals surface area (Å²) in [5, 5.41) is 2.74. The first-order valence-corrected chi connectivity index (χ1v) is 7.84. The van der Waals surface area contributed by atoms with Crippen LogP contribution in [0.25, 0.3) is 0 Å². The second-order valence-corrected chi connectivity index (χ2v) is 6.06. The third-order valence-electron chi connectivity index (χ3n) is 4.73. The fourth-order valence-corrected chi connectivity index (χ4v) is 3.54. The Morgan fingerprint density at radius 2 is 1.80 bits per heavy atom. The first-order chi connectivity index (χ1) is 9.58. The normalized spacial score (nSPS) is 31.2. The number of likely N-dealkylation sites (N-methyl/N-ethyl adjacent to an activating group) is 1. The number of hydrazine groups is 1. The molecule has 3 aliphatic rings. The monoisotopic (exact) mass is 288 g/mol. The number of ether oxygens (including phenoxy) is 1. The van der Waals surface area contributed by atoms with E-state index in [4.69, 9.17) is 10.6 Å². The summed E-state index contributed by atoms with van der Waals surface area (Å²) in [6, 6.07) is 0.963. The average molecular weight is 288 g/mol. The molecule has 3 rings (SSSR count). The van der Waals surface area contributed by atoms with E-state index in [1.165, 1.54) is 0 Å². The second-order valence-electron chi connectivity index (χ2n) is 6.06. The maximum atomic E-state index is 13.0. The smallest absolute Gasteiger partial charge is 0.0979 e. The quantitative estimate of drug-likeness (QED) is 0.607. The van der Waals surface area contributed by atoms with Crippen molar-refractivity contribution in [1.29, 1.82) is 0 Å². The Morgan fingerprint density at radius 1 is 1.20 bits per heavy atom. The molecule has 1 unspecified atom stereocenters. The molecule has 0 aliphatic carbocycles. The minimum Gasteiger partial charge on any atom is -0.371 e. The molecular formula is C14H29FN4O. The van der Waals surface area contributed by atoms with E-state index >= 15 is 0 Å². The number of hydrogen-bond acceptors (Lipinski definition) is 5. The number of nitrogens with two attached hydrogens (primary N) is 1. The highest BCUT2D eigenvalue weighted by atomic mass is 19.2. The number of hydrogen-bond donors (Lipinski definition) is 1. The molecule has 0 amide bonds. The van der Waals surface area contributed by atoms with Crippen LogP contribution in [0.1, 0.15) is 33.1 Å². The predicted octanol–water partition coefficient (Wildman–Crippen LogP) is 1.01. The Kier molecular flexibility index (Phi) is 5.36. The van der Waals surface area contributed by atoms with Gasteiger partial charge in [-0.05, 0) is 26.3 Å². The molecule has 6 heteroatoms. The summed E-state index contributed by atoms with van der Waals surface area (Å²) >= 11 is 0. The number of halogens is 1. The van der Waals surface area contributed by atoms with Crippen molar-refractivity contribution in [2.24, 2.45) is 5.84 Å². The molecule has 1 spiro atoms. The first kappa shape index (κ1) is 16.1. The van der Waals surface area contributed by atoms with Gasteiger partial charge in [0.05, 0.1) is 12.2 Å². The van der Waals surface area contributed by atoms with E-state index in [0.29, 0.717) is 25.2 Å². The summed E-state index contributed by atoms with van der Waals surface area (Å²) < 4.78 is 18.9. The predicted molar refractivity (Wildman–Crippen MR) is 77.7 cm³/mol. The van der Waals surface area contributed by atoms with Crippen molar-refractivity contribution in [1.82, 2.24) is 15.0 Å². The standard InChI is InChI=1S/C12H23FN4O.C2H6/c1-15(10-2-4-16(13)5-3-10)11-6-12(18-7-11)8-17(14)9-12;1-2/h10-11H,2-9,14H2,1H3;1-2H3. The highest BCUT2D eigenvalue weighted by Gasteiger charge is 2.50. The summed E-state index contributed by atoms with van der Waals surface area (Å²) in [4.78, 5) is 2.40. The van der Waals surface area contributed by atoms with E-state index in [9.17, 15) is 4.48 Å². The largest absolute Gasteiger partial charge is 0.371 e. The number of rotatable bonds is 2. The molecule has 0 aromatic carbocycles. The third-order valence-corrected chi connectivity index (χ3v) is 4.73. The van der Waals surface area contributed by atoms with Crippen molar-refractivity contribution in [3.05, 3.63) is 0 Å². The molecule has 0 bridgehead atoms. The van der Waals surface area contributed by atoms with Gasteiger partial charge < -0.3 is 4.74 Å². The average Bonchev–Trinajstić information content (AvgIpc) is 2.86. The van der Waals surface area contributed by atoms with Crippen LogP contribution in [0.2, 0.25) is 0 Å². The molecule has 0 radical (unpaired) electrons. The lowest BCUT2D eigenvalue weighted by molar-refractivity contribution is -0.111. The van der Waals surface area contributed by atoms with E-state index in [2.05, 4.69) is 11.9 Å². The van der Waals surface area contributed by atoms with Crippen molar-refractivity contribution in [3.8, 4) is 0 Å². The van der Waals surface area contributed by atoms with E-state index in [0.717, 1.165) is 44.1 Å². The molecule has 3 saturated heterocycles.